The number of nitrogens with zero attached hydrogens (tertiary/aromatic N) is 1. The lowest BCUT2D eigenvalue weighted by Crippen LogP contribution is -2.12. The zero-order chi connectivity index (χ0) is 17.9. The number of nitrogens with one attached hydrogen (secondary N) is 1. The largest absolute Gasteiger partial charge is 0.379 e. The Morgan fingerprint density at radius 1 is 1.17 bits per heavy atom. The molecule has 2 aromatic rings. The molecule has 0 atom stereocenters. The number of nitro benzene ring substituents is 1. The molecule has 2 rings (SSSR count). The number of hydrogen-bond donors (Lipinski definition) is 1. The Bertz CT molecular complexity index is 891. The van der Waals surface area contributed by atoms with E-state index in [1.165, 1.54) is 50.2 Å². The molecule has 126 valence electrons. The van der Waals surface area contributed by atoms with Gasteiger partial charge in [-0.15, -0.1) is 0 Å². The van der Waals surface area contributed by atoms with Gasteiger partial charge in [-0.25, -0.2) is 0 Å². The molecule has 0 radical (unpaired) electrons. The van der Waals surface area contributed by atoms with Crippen molar-refractivity contribution in [2.24, 2.45) is 0 Å². The lowest BCUT2D eigenvalue weighted by atomic mass is 10.2. The molecule has 0 aliphatic rings. The molecular formula is C15H14N2O6S. The second kappa shape index (κ2) is 6.67. The van der Waals surface area contributed by atoms with E-state index < -0.39 is 15.0 Å². The van der Waals surface area contributed by atoms with Crippen LogP contribution in [-0.2, 0) is 14.9 Å². The molecule has 0 heterocycles. The van der Waals surface area contributed by atoms with Crippen molar-refractivity contribution in [2.45, 2.75) is 18.7 Å². The van der Waals surface area contributed by atoms with Crippen LogP contribution >= 0.6 is 0 Å². The molecule has 0 saturated carbocycles. The summed E-state index contributed by atoms with van der Waals surface area (Å²) in [7, 11) is -4.23. The molecule has 8 nitrogen and oxygen atoms in total. The summed E-state index contributed by atoms with van der Waals surface area (Å²) in [5.74, 6) is -0.237. The Labute approximate surface area is 138 Å². The van der Waals surface area contributed by atoms with Crippen LogP contribution in [0.5, 0.6) is 5.75 Å². The van der Waals surface area contributed by atoms with E-state index in [0.717, 1.165) is 6.07 Å². The van der Waals surface area contributed by atoms with Crippen molar-refractivity contribution < 1.29 is 22.3 Å². The molecule has 24 heavy (non-hydrogen) atoms. The summed E-state index contributed by atoms with van der Waals surface area (Å²) in [5.41, 5.74) is 0.470. The molecule has 0 spiro atoms. The van der Waals surface area contributed by atoms with Gasteiger partial charge < -0.3 is 9.50 Å². The van der Waals surface area contributed by atoms with Crippen molar-refractivity contribution >= 4 is 27.4 Å². The van der Waals surface area contributed by atoms with Crippen LogP contribution in [0.1, 0.15) is 12.5 Å². The van der Waals surface area contributed by atoms with E-state index in [9.17, 15) is 23.3 Å². The normalized spacial score (nSPS) is 10.9. The highest BCUT2D eigenvalue weighted by atomic mass is 32.2. The minimum atomic E-state index is -4.23. The van der Waals surface area contributed by atoms with E-state index in [2.05, 4.69) is 5.32 Å². The lowest BCUT2D eigenvalue weighted by molar-refractivity contribution is -0.385. The topological polar surface area (TPSA) is 116 Å². The molecule has 0 aliphatic carbocycles. The predicted molar refractivity (Wildman–Crippen MR) is 86.4 cm³/mol. The number of anilines is 1. The van der Waals surface area contributed by atoms with E-state index in [1.54, 1.807) is 0 Å². The van der Waals surface area contributed by atoms with Crippen LogP contribution in [0, 0.1) is 17.0 Å². The first-order valence-electron chi connectivity index (χ1n) is 6.76. The Balaban J connectivity index is 2.30. The summed E-state index contributed by atoms with van der Waals surface area (Å²) < 4.78 is 29.7. The van der Waals surface area contributed by atoms with Crippen LogP contribution in [0.25, 0.3) is 0 Å². The van der Waals surface area contributed by atoms with Crippen LogP contribution in [0.4, 0.5) is 11.4 Å². The van der Waals surface area contributed by atoms with Gasteiger partial charge >= 0.3 is 10.1 Å². The molecule has 0 unspecified atom stereocenters. The van der Waals surface area contributed by atoms with Crippen molar-refractivity contribution in [1.82, 2.24) is 0 Å². The Morgan fingerprint density at radius 2 is 1.79 bits per heavy atom. The second-order valence-electron chi connectivity index (χ2n) is 4.95. The third-order valence-corrected chi connectivity index (χ3v) is 4.42. The van der Waals surface area contributed by atoms with Crippen molar-refractivity contribution in [2.75, 3.05) is 5.32 Å². The fourth-order valence-electron chi connectivity index (χ4n) is 1.94. The average Bonchev–Trinajstić information content (AvgIpc) is 2.48. The molecule has 1 amide bonds. The number of non-ortho nitro benzene ring substituents is 1. The number of carbonyl (C=O) groups excluding carboxylic acids is 1. The number of amides is 1. The van der Waals surface area contributed by atoms with Gasteiger partial charge in [0.25, 0.3) is 5.69 Å². The molecule has 0 saturated heterocycles. The maximum atomic E-state index is 12.3. The number of carbonyl (C=O) groups is 1. The van der Waals surface area contributed by atoms with Gasteiger partial charge in [-0.3, -0.25) is 14.9 Å². The minimum Gasteiger partial charge on any atom is -0.379 e. The van der Waals surface area contributed by atoms with E-state index in [0.29, 0.717) is 11.3 Å². The average molecular weight is 350 g/mol. The second-order valence-corrected chi connectivity index (χ2v) is 6.46. The number of benzene rings is 2. The number of nitro groups is 1. The molecule has 2 aromatic carbocycles. The summed E-state index contributed by atoms with van der Waals surface area (Å²) in [6.45, 7) is 2.86. The van der Waals surface area contributed by atoms with Crippen LogP contribution in [-0.4, -0.2) is 19.2 Å². The summed E-state index contributed by atoms with van der Waals surface area (Å²) in [5, 5.41) is 13.3. The summed E-state index contributed by atoms with van der Waals surface area (Å²) in [4.78, 5) is 20.8. The minimum absolute atomic E-state index is 0.0232. The number of hydrogen-bond acceptors (Lipinski definition) is 6. The van der Waals surface area contributed by atoms with Gasteiger partial charge in [0.2, 0.25) is 5.91 Å². The maximum Gasteiger partial charge on any atom is 0.339 e. The zero-order valence-electron chi connectivity index (χ0n) is 12.8. The molecule has 0 aromatic heterocycles. The van der Waals surface area contributed by atoms with Crippen LogP contribution in [0.3, 0.4) is 0 Å². The molecule has 1 N–H and O–H groups in total. The molecular weight excluding hydrogens is 336 g/mol. The van der Waals surface area contributed by atoms with Gasteiger partial charge in [0.05, 0.1) is 4.92 Å². The van der Waals surface area contributed by atoms with Crippen LogP contribution in [0.2, 0.25) is 0 Å². The lowest BCUT2D eigenvalue weighted by Gasteiger charge is -2.10. The predicted octanol–water partition coefficient (Wildman–Crippen LogP) is 2.63. The fourth-order valence-corrected chi connectivity index (χ4v) is 3.12. The van der Waals surface area contributed by atoms with Crippen molar-refractivity contribution in [3.63, 3.8) is 0 Å². The highest BCUT2D eigenvalue weighted by Crippen LogP contribution is 2.25. The van der Waals surface area contributed by atoms with Crippen LogP contribution < -0.4 is 9.50 Å². The highest BCUT2D eigenvalue weighted by Gasteiger charge is 2.22. The van der Waals surface area contributed by atoms with Crippen molar-refractivity contribution in [3.05, 3.63) is 58.1 Å². The van der Waals surface area contributed by atoms with E-state index in [1.807, 2.05) is 0 Å². The molecule has 9 heteroatoms. The monoisotopic (exact) mass is 350 g/mol. The molecule has 0 aliphatic heterocycles. The Kier molecular flexibility index (Phi) is 4.84. The van der Waals surface area contributed by atoms with Gasteiger partial charge in [-0.1, -0.05) is 6.07 Å². The van der Waals surface area contributed by atoms with E-state index >= 15 is 0 Å². The third-order valence-electron chi connectivity index (χ3n) is 3.03. The van der Waals surface area contributed by atoms with Gasteiger partial charge in [-0.05, 0) is 36.8 Å². The Morgan fingerprint density at radius 3 is 2.33 bits per heavy atom. The SMILES string of the molecule is CC(=O)Nc1ccc(OS(=O)(=O)c2cc([N+](=O)[O-])ccc2C)cc1. The number of aryl methyl sites for hydroxylation is 1. The summed E-state index contributed by atoms with van der Waals surface area (Å²) in [6, 6.07) is 9.21. The quantitative estimate of drug-likeness (QED) is 0.503. The number of rotatable bonds is 5. The van der Waals surface area contributed by atoms with Crippen molar-refractivity contribution in [1.29, 1.82) is 0 Å². The smallest absolute Gasteiger partial charge is 0.339 e. The van der Waals surface area contributed by atoms with Gasteiger partial charge in [0.1, 0.15) is 10.6 Å². The first kappa shape index (κ1) is 17.4. The summed E-state index contributed by atoms with van der Waals surface area (Å²) in [6.07, 6.45) is 0. The van der Waals surface area contributed by atoms with Crippen molar-refractivity contribution in [3.8, 4) is 5.75 Å². The maximum absolute atomic E-state index is 12.3. The third kappa shape index (κ3) is 4.07. The van der Waals surface area contributed by atoms with E-state index in [4.69, 9.17) is 4.18 Å². The fraction of sp³-hybridized carbons (Fsp3) is 0.133. The molecule has 0 fully saturated rings. The van der Waals surface area contributed by atoms with Gasteiger partial charge in [-0.2, -0.15) is 8.42 Å². The first-order chi connectivity index (χ1) is 11.2. The zero-order valence-corrected chi connectivity index (χ0v) is 13.7. The first-order valence-corrected chi connectivity index (χ1v) is 8.17. The van der Waals surface area contributed by atoms with Gasteiger partial charge in [0, 0.05) is 24.7 Å². The Hall–Kier alpha value is -2.94. The standard InChI is InChI=1S/C15H14N2O6S/c1-10-3-6-13(17(19)20)9-15(10)24(21,22)23-14-7-4-12(5-8-14)16-11(2)18/h3-9H,1-2H3,(H,16,18). The summed E-state index contributed by atoms with van der Waals surface area (Å²) >= 11 is 0. The van der Waals surface area contributed by atoms with Gasteiger partial charge in [0.15, 0.2) is 0 Å². The van der Waals surface area contributed by atoms with E-state index in [-0.39, 0.29) is 22.2 Å². The highest BCUT2D eigenvalue weighted by molar-refractivity contribution is 7.87. The molecule has 0 bridgehead atoms. The van der Waals surface area contributed by atoms with Crippen LogP contribution in [0.15, 0.2) is 47.4 Å².